The van der Waals surface area contributed by atoms with Crippen molar-refractivity contribution in [2.24, 2.45) is 5.73 Å². The van der Waals surface area contributed by atoms with Gasteiger partial charge in [-0.2, -0.15) is 0 Å². The van der Waals surface area contributed by atoms with Gasteiger partial charge in [-0.1, -0.05) is 6.07 Å². The minimum absolute atomic E-state index is 0.0225. The van der Waals surface area contributed by atoms with Crippen LogP contribution in [0, 0.1) is 5.82 Å². The van der Waals surface area contributed by atoms with E-state index in [-0.39, 0.29) is 18.0 Å². The first-order valence-corrected chi connectivity index (χ1v) is 4.73. The topological polar surface area (TPSA) is 35.2 Å². The Bertz CT molecular complexity index is 310. The van der Waals surface area contributed by atoms with Crippen molar-refractivity contribution in [3.63, 3.8) is 0 Å². The predicted molar refractivity (Wildman–Crippen MR) is 54.8 cm³/mol. The zero-order chi connectivity index (χ0) is 10.7. The maximum atomic E-state index is 13.4. The molecule has 0 heterocycles. The number of hydrogen-bond acceptors (Lipinski definition) is 2. The fraction of sp³-hybridized carbons (Fsp3) is 0.455. The maximum absolute atomic E-state index is 13.4. The molecule has 78 valence electrons. The molecule has 0 aliphatic heterocycles. The molecule has 0 fully saturated rings. The van der Waals surface area contributed by atoms with E-state index in [1.807, 2.05) is 13.8 Å². The molecule has 0 amide bonds. The summed E-state index contributed by atoms with van der Waals surface area (Å²) < 4.78 is 18.9. The van der Waals surface area contributed by atoms with E-state index in [0.29, 0.717) is 11.3 Å². The van der Waals surface area contributed by atoms with Crippen molar-refractivity contribution in [3.8, 4) is 5.75 Å². The number of hydrogen-bond donors (Lipinski definition) is 1. The second-order valence-electron chi connectivity index (χ2n) is 3.61. The van der Waals surface area contributed by atoms with Gasteiger partial charge in [-0.25, -0.2) is 4.39 Å². The summed E-state index contributed by atoms with van der Waals surface area (Å²) in [5.41, 5.74) is 6.12. The lowest BCUT2D eigenvalue weighted by molar-refractivity contribution is 0.237. The van der Waals surface area contributed by atoms with Crippen molar-refractivity contribution in [1.82, 2.24) is 0 Å². The van der Waals surface area contributed by atoms with Gasteiger partial charge in [0.05, 0.1) is 6.10 Å². The number of nitrogens with two attached hydrogens (primary N) is 1. The molecule has 1 aromatic carbocycles. The fourth-order valence-electron chi connectivity index (χ4n) is 1.32. The third-order valence-corrected chi connectivity index (χ3v) is 1.83. The summed E-state index contributed by atoms with van der Waals surface area (Å²) >= 11 is 0. The smallest absolute Gasteiger partial charge is 0.131 e. The van der Waals surface area contributed by atoms with Gasteiger partial charge in [0.25, 0.3) is 0 Å². The molecule has 0 aliphatic rings. The summed E-state index contributed by atoms with van der Waals surface area (Å²) in [6.07, 6.45) is 0.0225. The van der Waals surface area contributed by atoms with Crippen LogP contribution in [0.2, 0.25) is 0 Å². The molecule has 2 N–H and O–H groups in total. The highest BCUT2D eigenvalue weighted by Crippen LogP contribution is 2.27. The monoisotopic (exact) mass is 197 g/mol. The quantitative estimate of drug-likeness (QED) is 0.808. The molecule has 1 unspecified atom stereocenters. The molecule has 0 radical (unpaired) electrons. The number of rotatable bonds is 3. The van der Waals surface area contributed by atoms with Crippen molar-refractivity contribution in [2.45, 2.75) is 32.9 Å². The molecule has 0 aromatic heterocycles. The van der Waals surface area contributed by atoms with E-state index in [0.717, 1.165) is 0 Å². The van der Waals surface area contributed by atoms with E-state index in [1.54, 1.807) is 19.1 Å². The van der Waals surface area contributed by atoms with Crippen molar-refractivity contribution >= 4 is 0 Å². The van der Waals surface area contributed by atoms with Gasteiger partial charge in [-0.3, -0.25) is 0 Å². The summed E-state index contributed by atoms with van der Waals surface area (Å²) in [5.74, 6) is 0.230. The molecule has 14 heavy (non-hydrogen) atoms. The minimum Gasteiger partial charge on any atom is -0.491 e. The van der Waals surface area contributed by atoms with E-state index in [2.05, 4.69) is 0 Å². The zero-order valence-corrected chi connectivity index (χ0v) is 8.75. The van der Waals surface area contributed by atoms with E-state index < -0.39 is 0 Å². The highest BCUT2D eigenvalue weighted by molar-refractivity contribution is 5.36. The molecule has 2 nitrogen and oxygen atoms in total. The Labute approximate surface area is 83.9 Å². The van der Waals surface area contributed by atoms with Gasteiger partial charge < -0.3 is 10.5 Å². The lowest BCUT2D eigenvalue weighted by Crippen LogP contribution is -2.13. The average Bonchev–Trinajstić information content (AvgIpc) is 2.01. The first kappa shape index (κ1) is 11.0. The molecule has 1 aromatic rings. The molecule has 0 spiro atoms. The van der Waals surface area contributed by atoms with Crippen molar-refractivity contribution < 1.29 is 9.13 Å². The van der Waals surface area contributed by atoms with E-state index in [4.69, 9.17) is 10.5 Å². The van der Waals surface area contributed by atoms with Gasteiger partial charge in [0.2, 0.25) is 0 Å². The van der Waals surface area contributed by atoms with Crippen LogP contribution in [0.5, 0.6) is 5.75 Å². The molecule has 0 aliphatic carbocycles. The van der Waals surface area contributed by atoms with E-state index >= 15 is 0 Å². The molecular formula is C11H16FNO. The van der Waals surface area contributed by atoms with Gasteiger partial charge in [0, 0.05) is 11.6 Å². The Kier molecular flexibility index (Phi) is 3.47. The van der Waals surface area contributed by atoms with Crippen LogP contribution in [0.4, 0.5) is 4.39 Å². The second-order valence-corrected chi connectivity index (χ2v) is 3.61. The molecule has 0 saturated heterocycles. The van der Waals surface area contributed by atoms with Crippen LogP contribution >= 0.6 is 0 Å². The Morgan fingerprint density at radius 2 is 1.93 bits per heavy atom. The van der Waals surface area contributed by atoms with Crippen LogP contribution < -0.4 is 10.5 Å². The van der Waals surface area contributed by atoms with Gasteiger partial charge in [-0.15, -0.1) is 0 Å². The van der Waals surface area contributed by atoms with Crippen LogP contribution in [0.3, 0.4) is 0 Å². The predicted octanol–water partition coefficient (Wildman–Crippen LogP) is 2.63. The van der Waals surface area contributed by atoms with Gasteiger partial charge in [-0.05, 0) is 32.9 Å². The first-order valence-electron chi connectivity index (χ1n) is 4.73. The second kappa shape index (κ2) is 4.42. The normalized spacial score (nSPS) is 13.0. The molecule has 3 heteroatoms. The molecule has 1 rings (SSSR count). The van der Waals surface area contributed by atoms with Crippen LogP contribution in [0.1, 0.15) is 32.4 Å². The molecule has 1 atom stereocenters. The summed E-state index contributed by atoms with van der Waals surface area (Å²) in [6, 6.07) is 4.40. The minimum atomic E-state index is -0.357. The van der Waals surface area contributed by atoms with Crippen LogP contribution in [0.15, 0.2) is 18.2 Å². The Hall–Kier alpha value is -1.09. The molecule has 0 saturated carbocycles. The van der Waals surface area contributed by atoms with Crippen molar-refractivity contribution in [1.29, 1.82) is 0 Å². The summed E-state index contributed by atoms with van der Waals surface area (Å²) in [7, 11) is 0. The largest absolute Gasteiger partial charge is 0.491 e. The van der Waals surface area contributed by atoms with Gasteiger partial charge in [0.15, 0.2) is 0 Å². The zero-order valence-electron chi connectivity index (χ0n) is 8.75. The van der Waals surface area contributed by atoms with Crippen molar-refractivity contribution in [3.05, 3.63) is 29.6 Å². The third kappa shape index (κ3) is 2.45. The highest BCUT2D eigenvalue weighted by Gasteiger charge is 2.14. The van der Waals surface area contributed by atoms with Gasteiger partial charge >= 0.3 is 0 Å². The van der Waals surface area contributed by atoms with E-state index in [9.17, 15) is 4.39 Å². The first-order chi connectivity index (χ1) is 6.52. The fourth-order valence-corrected chi connectivity index (χ4v) is 1.32. The number of halogens is 1. The standard InChI is InChI=1S/C11H16FNO/c1-7(2)14-10-6-4-5-9(12)11(10)8(3)13/h4-8H,13H2,1-3H3. The summed E-state index contributed by atoms with van der Waals surface area (Å²) in [4.78, 5) is 0. The molecular weight excluding hydrogens is 181 g/mol. The maximum Gasteiger partial charge on any atom is 0.131 e. The summed E-state index contributed by atoms with van der Waals surface area (Å²) in [6.45, 7) is 5.54. The average molecular weight is 197 g/mol. The summed E-state index contributed by atoms with van der Waals surface area (Å²) in [5, 5.41) is 0. The lowest BCUT2D eigenvalue weighted by atomic mass is 10.1. The number of ether oxygens (including phenoxy) is 1. The Balaban J connectivity index is 3.08. The van der Waals surface area contributed by atoms with Gasteiger partial charge in [0.1, 0.15) is 11.6 Å². The van der Waals surface area contributed by atoms with E-state index in [1.165, 1.54) is 6.07 Å². The third-order valence-electron chi connectivity index (χ3n) is 1.83. The van der Waals surface area contributed by atoms with Crippen LogP contribution in [-0.4, -0.2) is 6.10 Å². The molecule has 0 bridgehead atoms. The van der Waals surface area contributed by atoms with Crippen molar-refractivity contribution in [2.75, 3.05) is 0 Å². The van der Waals surface area contributed by atoms with Crippen LogP contribution in [-0.2, 0) is 0 Å². The Morgan fingerprint density at radius 1 is 1.29 bits per heavy atom. The highest BCUT2D eigenvalue weighted by atomic mass is 19.1. The lowest BCUT2D eigenvalue weighted by Gasteiger charge is -2.16. The van der Waals surface area contributed by atoms with Crippen LogP contribution in [0.25, 0.3) is 0 Å². The Morgan fingerprint density at radius 3 is 2.43 bits per heavy atom. The SMILES string of the molecule is CC(C)Oc1cccc(F)c1C(C)N. The number of benzene rings is 1.